The van der Waals surface area contributed by atoms with Gasteiger partial charge in [0, 0.05) is 18.0 Å². The lowest BCUT2D eigenvalue weighted by atomic mass is 9.87. The normalized spacial score (nSPS) is 11.2. The minimum Gasteiger partial charge on any atom is -0.364 e. The molecule has 0 unspecified atom stereocenters. The number of hydrogen-bond donors (Lipinski definition) is 2. The molecule has 0 saturated carbocycles. The maximum absolute atomic E-state index is 4.48. The lowest BCUT2D eigenvalue weighted by molar-refractivity contribution is 0.590. The van der Waals surface area contributed by atoms with E-state index in [2.05, 4.69) is 70.6 Å². The first-order chi connectivity index (χ1) is 12.4. The number of benzene rings is 1. The van der Waals surface area contributed by atoms with Crippen molar-refractivity contribution in [3.05, 3.63) is 71.8 Å². The van der Waals surface area contributed by atoms with E-state index in [0.717, 1.165) is 23.0 Å². The van der Waals surface area contributed by atoms with E-state index in [9.17, 15) is 0 Å². The quantitative estimate of drug-likeness (QED) is 0.692. The zero-order chi connectivity index (χ0) is 18.6. The highest BCUT2D eigenvalue weighted by atomic mass is 15.1. The molecule has 0 bridgehead atoms. The molecular weight excluding hydrogens is 322 g/mol. The summed E-state index contributed by atoms with van der Waals surface area (Å²) in [5.41, 5.74) is 3.43. The average molecular weight is 347 g/mol. The summed E-state index contributed by atoms with van der Waals surface area (Å²) in [5, 5.41) is 6.66. The molecule has 0 aliphatic carbocycles. The first kappa shape index (κ1) is 17.9. The van der Waals surface area contributed by atoms with Crippen LogP contribution < -0.4 is 10.6 Å². The fourth-order valence-corrected chi connectivity index (χ4v) is 2.61. The Labute approximate surface area is 154 Å². The van der Waals surface area contributed by atoms with Gasteiger partial charge in [0.25, 0.3) is 0 Å². The van der Waals surface area contributed by atoms with Crippen molar-refractivity contribution in [2.75, 3.05) is 10.6 Å². The van der Waals surface area contributed by atoms with Crippen molar-refractivity contribution in [2.45, 2.75) is 39.7 Å². The van der Waals surface area contributed by atoms with E-state index in [-0.39, 0.29) is 5.41 Å². The largest absolute Gasteiger partial charge is 0.364 e. The van der Waals surface area contributed by atoms with Gasteiger partial charge in [-0.05, 0) is 42.2 Å². The average Bonchev–Trinajstić information content (AvgIpc) is 2.60. The molecule has 1 aromatic carbocycles. The predicted octanol–water partition coefficient (Wildman–Crippen LogP) is 4.83. The Morgan fingerprint density at radius 2 is 1.65 bits per heavy atom. The molecule has 2 N–H and O–H groups in total. The van der Waals surface area contributed by atoms with Crippen LogP contribution in [0.3, 0.4) is 0 Å². The number of nitrogens with zero attached hydrogens (tertiary/aromatic N) is 3. The fraction of sp³-hybridized carbons (Fsp3) is 0.286. The predicted molar refractivity (Wildman–Crippen MR) is 107 cm³/mol. The Morgan fingerprint density at radius 3 is 2.31 bits per heavy atom. The van der Waals surface area contributed by atoms with E-state index >= 15 is 0 Å². The number of pyridine rings is 1. The smallest absolute Gasteiger partial charge is 0.136 e. The molecule has 0 aliphatic rings. The standard InChI is InChI=1S/C21H25N5/c1-15-24-19(23-14-18-7-5-6-12-22-18)13-20(25-15)26-17-10-8-16(9-11-17)21(2,3)4/h5-13H,14H2,1-4H3,(H2,23,24,25,26). The van der Waals surface area contributed by atoms with Crippen LogP contribution in [0.25, 0.3) is 0 Å². The molecular formula is C21H25N5. The summed E-state index contributed by atoms with van der Waals surface area (Å²) in [6.07, 6.45) is 1.79. The number of aromatic nitrogens is 3. The number of hydrogen-bond acceptors (Lipinski definition) is 5. The Hall–Kier alpha value is -2.95. The van der Waals surface area contributed by atoms with Gasteiger partial charge in [0.1, 0.15) is 17.5 Å². The molecule has 26 heavy (non-hydrogen) atoms. The van der Waals surface area contributed by atoms with Gasteiger partial charge in [0.15, 0.2) is 0 Å². The molecule has 0 spiro atoms. The van der Waals surface area contributed by atoms with Gasteiger partial charge in [0.05, 0.1) is 12.2 Å². The Kier molecular flexibility index (Phi) is 5.16. The van der Waals surface area contributed by atoms with Gasteiger partial charge in [-0.1, -0.05) is 39.0 Å². The molecule has 0 atom stereocenters. The second-order valence-electron chi connectivity index (χ2n) is 7.31. The van der Waals surface area contributed by atoms with Gasteiger partial charge in [-0.25, -0.2) is 9.97 Å². The molecule has 0 amide bonds. The van der Waals surface area contributed by atoms with Crippen LogP contribution in [0.5, 0.6) is 0 Å². The third kappa shape index (κ3) is 4.79. The zero-order valence-electron chi connectivity index (χ0n) is 15.7. The molecule has 0 aliphatic heterocycles. The summed E-state index contributed by atoms with van der Waals surface area (Å²) in [4.78, 5) is 13.2. The number of anilines is 3. The van der Waals surface area contributed by atoms with Crippen LogP contribution in [-0.4, -0.2) is 15.0 Å². The summed E-state index contributed by atoms with van der Waals surface area (Å²) in [6.45, 7) is 9.14. The summed E-state index contributed by atoms with van der Waals surface area (Å²) in [5.74, 6) is 2.26. The summed E-state index contributed by atoms with van der Waals surface area (Å²) >= 11 is 0. The van der Waals surface area contributed by atoms with Crippen LogP contribution in [0.1, 0.15) is 37.9 Å². The fourth-order valence-electron chi connectivity index (χ4n) is 2.61. The lowest BCUT2D eigenvalue weighted by Crippen LogP contribution is -2.10. The maximum Gasteiger partial charge on any atom is 0.136 e. The van der Waals surface area contributed by atoms with Crippen molar-refractivity contribution in [2.24, 2.45) is 0 Å². The molecule has 3 aromatic rings. The van der Waals surface area contributed by atoms with Gasteiger partial charge >= 0.3 is 0 Å². The van der Waals surface area contributed by atoms with Gasteiger partial charge in [-0.2, -0.15) is 0 Å². The second-order valence-corrected chi connectivity index (χ2v) is 7.31. The lowest BCUT2D eigenvalue weighted by Gasteiger charge is -2.19. The Bertz CT molecular complexity index is 852. The molecule has 2 heterocycles. The molecule has 0 fully saturated rings. The van der Waals surface area contributed by atoms with Crippen LogP contribution in [0.2, 0.25) is 0 Å². The van der Waals surface area contributed by atoms with Crippen molar-refractivity contribution in [1.29, 1.82) is 0 Å². The molecule has 5 heteroatoms. The topological polar surface area (TPSA) is 62.7 Å². The Morgan fingerprint density at radius 1 is 0.923 bits per heavy atom. The van der Waals surface area contributed by atoms with Crippen molar-refractivity contribution >= 4 is 17.3 Å². The molecule has 0 saturated heterocycles. The monoisotopic (exact) mass is 347 g/mol. The minimum absolute atomic E-state index is 0.145. The van der Waals surface area contributed by atoms with Gasteiger partial charge in [-0.15, -0.1) is 0 Å². The van der Waals surface area contributed by atoms with Crippen molar-refractivity contribution in [1.82, 2.24) is 15.0 Å². The van der Waals surface area contributed by atoms with Crippen molar-refractivity contribution in [3.8, 4) is 0 Å². The van der Waals surface area contributed by atoms with Crippen LogP contribution in [-0.2, 0) is 12.0 Å². The Balaban J connectivity index is 1.71. The van der Waals surface area contributed by atoms with E-state index in [1.807, 2.05) is 31.2 Å². The van der Waals surface area contributed by atoms with E-state index in [0.29, 0.717) is 12.4 Å². The second kappa shape index (κ2) is 7.52. The molecule has 2 aromatic heterocycles. The maximum atomic E-state index is 4.48. The molecule has 0 radical (unpaired) electrons. The van der Waals surface area contributed by atoms with Crippen molar-refractivity contribution in [3.63, 3.8) is 0 Å². The SMILES string of the molecule is Cc1nc(NCc2ccccn2)cc(Nc2ccc(C(C)(C)C)cc2)n1. The van der Waals surface area contributed by atoms with Gasteiger partial charge < -0.3 is 10.6 Å². The minimum atomic E-state index is 0.145. The van der Waals surface area contributed by atoms with E-state index in [1.165, 1.54) is 5.56 Å². The highest BCUT2D eigenvalue weighted by Gasteiger charge is 2.13. The van der Waals surface area contributed by atoms with Gasteiger partial charge in [0.2, 0.25) is 0 Å². The van der Waals surface area contributed by atoms with E-state index in [1.54, 1.807) is 6.20 Å². The first-order valence-electron chi connectivity index (χ1n) is 8.77. The van der Waals surface area contributed by atoms with Crippen LogP contribution >= 0.6 is 0 Å². The van der Waals surface area contributed by atoms with Gasteiger partial charge in [-0.3, -0.25) is 4.98 Å². The third-order valence-corrected chi connectivity index (χ3v) is 4.04. The van der Waals surface area contributed by atoms with Crippen LogP contribution in [0.4, 0.5) is 17.3 Å². The molecule has 3 rings (SSSR count). The molecule has 5 nitrogen and oxygen atoms in total. The third-order valence-electron chi connectivity index (χ3n) is 4.04. The summed E-state index contributed by atoms with van der Waals surface area (Å²) < 4.78 is 0. The van der Waals surface area contributed by atoms with E-state index in [4.69, 9.17) is 0 Å². The zero-order valence-corrected chi connectivity index (χ0v) is 15.7. The van der Waals surface area contributed by atoms with Crippen LogP contribution in [0, 0.1) is 6.92 Å². The van der Waals surface area contributed by atoms with Crippen molar-refractivity contribution < 1.29 is 0 Å². The van der Waals surface area contributed by atoms with E-state index < -0.39 is 0 Å². The summed E-state index contributed by atoms with van der Waals surface area (Å²) in [7, 11) is 0. The first-order valence-corrected chi connectivity index (χ1v) is 8.77. The highest BCUT2D eigenvalue weighted by molar-refractivity contribution is 5.59. The summed E-state index contributed by atoms with van der Waals surface area (Å²) in [6, 6.07) is 16.2. The highest BCUT2D eigenvalue weighted by Crippen LogP contribution is 2.25. The number of aryl methyl sites for hydroxylation is 1. The molecule has 134 valence electrons. The number of nitrogens with one attached hydrogen (secondary N) is 2. The van der Waals surface area contributed by atoms with Crippen LogP contribution in [0.15, 0.2) is 54.7 Å². The number of rotatable bonds is 5.